The van der Waals surface area contributed by atoms with Crippen molar-refractivity contribution in [3.63, 3.8) is 0 Å². The Balaban J connectivity index is 1.35. The number of halogens is 4. The second-order valence-corrected chi connectivity index (χ2v) is 10.2. The van der Waals surface area contributed by atoms with Gasteiger partial charge in [0.25, 0.3) is 5.56 Å². The highest BCUT2D eigenvalue weighted by Gasteiger charge is 2.34. The van der Waals surface area contributed by atoms with E-state index in [2.05, 4.69) is 25.2 Å². The summed E-state index contributed by atoms with van der Waals surface area (Å²) in [6, 6.07) is 19.1. The molecule has 0 unspecified atom stereocenters. The number of piperazine rings is 1. The minimum Gasteiger partial charge on any atom is -0.423 e. The maximum atomic E-state index is 13.6. The van der Waals surface area contributed by atoms with E-state index in [-0.39, 0.29) is 40.7 Å². The van der Waals surface area contributed by atoms with Crippen LogP contribution in [0.25, 0.3) is 10.9 Å². The first-order valence-electron chi connectivity index (χ1n) is 13.8. The minimum atomic E-state index is -4.76. The molecule has 0 atom stereocenters. The van der Waals surface area contributed by atoms with Crippen LogP contribution < -0.4 is 25.4 Å². The van der Waals surface area contributed by atoms with Gasteiger partial charge in [0.1, 0.15) is 11.6 Å². The van der Waals surface area contributed by atoms with E-state index >= 15 is 0 Å². The number of rotatable bonds is 6. The number of fused-ring (bicyclic) bond motifs is 1. The first kappa shape index (κ1) is 29.4. The fourth-order valence-electron chi connectivity index (χ4n) is 5.05. The molecule has 10 nitrogen and oxygen atoms in total. The zero-order valence-electron chi connectivity index (χ0n) is 23.7. The molecule has 3 heterocycles. The molecule has 2 aromatic heterocycles. The highest BCUT2D eigenvalue weighted by atomic mass is 19.4. The summed E-state index contributed by atoms with van der Waals surface area (Å²) >= 11 is 0. The molecule has 0 amide bonds. The van der Waals surface area contributed by atoms with Crippen LogP contribution in [0.15, 0.2) is 77.6 Å². The van der Waals surface area contributed by atoms with Gasteiger partial charge in [0, 0.05) is 56.1 Å². The molecule has 228 valence electrons. The zero-order valence-corrected chi connectivity index (χ0v) is 23.7. The molecule has 1 fully saturated rings. The molecule has 1 aliphatic heterocycles. The first-order valence-corrected chi connectivity index (χ1v) is 13.8. The molecule has 0 bridgehead atoms. The maximum Gasteiger partial charge on any atom is 0.417 e. The van der Waals surface area contributed by atoms with Crippen LogP contribution in [0.4, 0.5) is 40.8 Å². The number of alkyl halides is 3. The van der Waals surface area contributed by atoms with E-state index in [4.69, 9.17) is 10.00 Å². The molecule has 3 aromatic carbocycles. The SMILES string of the molecule is Cn1c(=O)cc(Oc2nc(Nc3ccc(C#N)c(C(F)(F)F)c3)nc(N3CCN(c4ccc(F)cc4)CC3)n2)c2ccccc21. The Morgan fingerprint density at radius 1 is 0.911 bits per heavy atom. The van der Waals surface area contributed by atoms with Crippen LogP contribution in [-0.4, -0.2) is 45.7 Å². The maximum absolute atomic E-state index is 13.6. The summed E-state index contributed by atoms with van der Waals surface area (Å²) in [4.78, 5) is 29.9. The smallest absolute Gasteiger partial charge is 0.417 e. The molecule has 0 saturated carbocycles. The van der Waals surface area contributed by atoms with Gasteiger partial charge in [-0.25, -0.2) is 4.39 Å². The van der Waals surface area contributed by atoms with Gasteiger partial charge in [0.05, 0.1) is 22.7 Å². The van der Waals surface area contributed by atoms with Gasteiger partial charge in [-0.05, 0) is 54.6 Å². The van der Waals surface area contributed by atoms with E-state index in [1.54, 1.807) is 49.5 Å². The lowest BCUT2D eigenvalue weighted by Gasteiger charge is -2.36. The summed E-state index contributed by atoms with van der Waals surface area (Å²) in [6.45, 7) is 2.04. The normalized spacial score (nSPS) is 13.5. The molecule has 1 aliphatic rings. The quantitative estimate of drug-likeness (QED) is 0.243. The second kappa shape index (κ2) is 11.8. The summed E-state index contributed by atoms with van der Waals surface area (Å²) in [5.74, 6) is -0.0551. The predicted molar refractivity (Wildman–Crippen MR) is 159 cm³/mol. The lowest BCUT2D eigenvalue weighted by Crippen LogP contribution is -2.47. The summed E-state index contributed by atoms with van der Waals surface area (Å²) in [5.41, 5.74) is -0.497. The van der Waals surface area contributed by atoms with Gasteiger partial charge in [-0.2, -0.15) is 33.4 Å². The third-order valence-electron chi connectivity index (χ3n) is 7.38. The third kappa shape index (κ3) is 6.19. The van der Waals surface area contributed by atoms with Gasteiger partial charge in [-0.3, -0.25) is 4.79 Å². The fourth-order valence-corrected chi connectivity index (χ4v) is 5.05. The lowest BCUT2D eigenvalue weighted by atomic mass is 10.1. The largest absolute Gasteiger partial charge is 0.423 e. The van der Waals surface area contributed by atoms with E-state index in [1.165, 1.54) is 28.8 Å². The Morgan fingerprint density at radius 2 is 1.62 bits per heavy atom. The Labute approximate surface area is 253 Å². The van der Waals surface area contributed by atoms with Gasteiger partial charge in [-0.1, -0.05) is 12.1 Å². The van der Waals surface area contributed by atoms with Crippen molar-refractivity contribution in [1.29, 1.82) is 5.26 Å². The number of nitrogens with zero attached hydrogens (tertiary/aromatic N) is 7. The number of nitrogens with one attached hydrogen (secondary N) is 1. The van der Waals surface area contributed by atoms with Crippen molar-refractivity contribution >= 4 is 34.2 Å². The van der Waals surface area contributed by atoms with Crippen molar-refractivity contribution in [1.82, 2.24) is 19.5 Å². The number of aromatic nitrogens is 4. The van der Waals surface area contributed by atoms with Gasteiger partial charge >= 0.3 is 12.2 Å². The molecular weight excluding hydrogens is 592 g/mol. The van der Waals surface area contributed by atoms with Crippen molar-refractivity contribution in [3.8, 4) is 17.8 Å². The number of hydrogen-bond donors (Lipinski definition) is 1. The molecule has 1 saturated heterocycles. The summed E-state index contributed by atoms with van der Waals surface area (Å²) < 4.78 is 61.8. The number of ether oxygens (including phenoxy) is 1. The van der Waals surface area contributed by atoms with Gasteiger partial charge < -0.3 is 24.4 Å². The Kier molecular flexibility index (Phi) is 7.67. The minimum absolute atomic E-state index is 0.00964. The molecule has 0 aliphatic carbocycles. The molecule has 45 heavy (non-hydrogen) atoms. The van der Waals surface area contributed by atoms with Crippen LogP contribution in [0.1, 0.15) is 11.1 Å². The number of hydrogen-bond acceptors (Lipinski definition) is 9. The summed E-state index contributed by atoms with van der Waals surface area (Å²) in [6.07, 6.45) is -4.76. The summed E-state index contributed by atoms with van der Waals surface area (Å²) in [7, 11) is 1.63. The van der Waals surface area contributed by atoms with Crippen LogP contribution in [0.3, 0.4) is 0 Å². The van der Waals surface area contributed by atoms with E-state index < -0.39 is 17.3 Å². The average Bonchev–Trinajstić information content (AvgIpc) is 3.03. The van der Waals surface area contributed by atoms with Crippen molar-refractivity contribution in [3.05, 3.63) is 100 Å². The van der Waals surface area contributed by atoms with Crippen molar-refractivity contribution < 1.29 is 22.3 Å². The first-order chi connectivity index (χ1) is 21.6. The van der Waals surface area contributed by atoms with Crippen molar-refractivity contribution in [2.45, 2.75) is 6.18 Å². The van der Waals surface area contributed by atoms with Crippen LogP contribution >= 0.6 is 0 Å². The Morgan fingerprint density at radius 3 is 2.33 bits per heavy atom. The highest BCUT2D eigenvalue weighted by molar-refractivity contribution is 5.85. The van der Waals surface area contributed by atoms with Gasteiger partial charge in [-0.15, -0.1) is 0 Å². The molecule has 14 heteroatoms. The second-order valence-electron chi connectivity index (χ2n) is 10.2. The molecule has 6 rings (SSSR count). The molecule has 0 radical (unpaired) electrons. The number of benzene rings is 3. The van der Waals surface area contributed by atoms with E-state index in [9.17, 15) is 22.4 Å². The van der Waals surface area contributed by atoms with E-state index in [0.29, 0.717) is 37.1 Å². The van der Waals surface area contributed by atoms with Crippen molar-refractivity contribution in [2.24, 2.45) is 7.05 Å². The number of aryl methyl sites for hydroxylation is 1. The number of pyridine rings is 1. The highest BCUT2D eigenvalue weighted by Crippen LogP contribution is 2.35. The number of anilines is 4. The lowest BCUT2D eigenvalue weighted by molar-refractivity contribution is -0.137. The van der Waals surface area contributed by atoms with Gasteiger partial charge in [0.2, 0.25) is 11.9 Å². The third-order valence-corrected chi connectivity index (χ3v) is 7.38. The van der Waals surface area contributed by atoms with Crippen LogP contribution in [-0.2, 0) is 13.2 Å². The molecule has 0 spiro atoms. The Hall–Kier alpha value is -5.71. The monoisotopic (exact) mass is 616 g/mol. The van der Waals surface area contributed by atoms with Crippen LogP contribution in [0.2, 0.25) is 0 Å². The predicted octanol–water partition coefficient (Wildman–Crippen LogP) is 5.62. The zero-order chi connectivity index (χ0) is 31.7. The average molecular weight is 617 g/mol. The topological polar surface area (TPSA) is 112 Å². The molecule has 5 aromatic rings. The van der Waals surface area contributed by atoms with E-state index in [0.717, 1.165) is 17.8 Å². The van der Waals surface area contributed by atoms with Crippen LogP contribution in [0, 0.1) is 17.1 Å². The fraction of sp³-hybridized carbons (Fsp3) is 0.194. The summed E-state index contributed by atoms with van der Waals surface area (Å²) in [5, 5.41) is 12.6. The molecule has 1 N–H and O–H groups in total. The Bertz CT molecular complexity index is 1980. The van der Waals surface area contributed by atoms with E-state index in [1.807, 2.05) is 4.90 Å². The molecular formula is C31H24F4N8O2. The van der Waals surface area contributed by atoms with Gasteiger partial charge in [0.15, 0.2) is 0 Å². The van der Waals surface area contributed by atoms with Crippen LogP contribution in [0.5, 0.6) is 11.8 Å². The number of nitriles is 1. The van der Waals surface area contributed by atoms with Crippen molar-refractivity contribution in [2.75, 3.05) is 41.3 Å². The number of para-hydroxylation sites is 1. The standard InChI is InChI=1S/C31H24F4N8O2/c1-41-25-5-3-2-4-23(25)26(17-27(41)44)45-30-39-28(37-21-9-6-19(18-36)24(16-21)31(33,34)35)38-29(40-30)43-14-12-42(13-15-43)22-10-7-20(32)8-11-22/h2-11,16-17H,12-15H2,1H3,(H,37,38,39,40).